The number of hydrogen-bond acceptors (Lipinski definition) is 3. The van der Waals surface area contributed by atoms with Crippen LogP contribution in [0.4, 0.5) is 0 Å². The highest BCUT2D eigenvalue weighted by Gasteiger charge is 2.16. The first-order valence-electron chi connectivity index (χ1n) is 6.54. The van der Waals surface area contributed by atoms with Crippen molar-refractivity contribution in [1.29, 1.82) is 0 Å². The van der Waals surface area contributed by atoms with Gasteiger partial charge in [-0.25, -0.2) is 0 Å². The largest absolute Gasteiger partial charge is 0.496 e. The maximum absolute atomic E-state index is 11.9. The lowest BCUT2D eigenvalue weighted by molar-refractivity contribution is -0.122. The molecule has 0 heterocycles. The lowest BCUT2D eigenvalue weighted by Crippen LogP contribution is -2.35. The third-order valence-electron chi connectivity index (χ3n) is 2.98. The quantitative estimate of drug-likeness (QED) is 0.829. The number of para-hydroxylation sites is 1. The number of rotatable bonds is 6. The fraction of sp³-hybridized carbons (Fsp3) is 0.533. The third-order valence-corrected chi connectivity index (χ3v) is 2.98. The Morgan fingerprint density at radius 3 is 2.63 bits per heavy atom. The summed E-state index contributed by atoms with van der Waals surface area (Å²) in [5, 5.41) is 2.97. The number of benzene rings is 1. The highest BCUT2D eigenvalue weighted by Crippen LogP contribution is 2.24. The summed E-state index contributed by atoms with van der Waals surface area (Å²) in [5.41, 5.74) is 6.53. The molecule has 1 rings (SSSR count). The number of carbonyl (C=O) groups is 1. The van der Waals surface area contributed by atoms with Gasteiger partial charge in [-0.2, -0.15) is 0 Å². The van der Waals surface area contributed by atoms with E-state index in [1.165, 1.54) is 0 Å². The van der Waals surface area contributed by atoms with E-state index in [0.29, 0.717) is 12.8 Å². The summed E-state index contributed by atoms with van der Waals surface area (Å²) in [6.07, 6.45) is 1.10. The van der Waals surface area contributed by atoms with Gasteiger partial charge in [0.2, 0.25) is 5.91 Å². The molecule has 0 saturated carbocycles. The van der Waals surface area contributed by atoms with Crippen LogP contribution in [-0.4, -0.2) is 18.6 Å². The van der Waals surface area contributed by atoms with Crippen LogP contribution in [0.2, 0.25) is 0 Å². The zero-order valence-electron chi connectivity index (χ0n) is 12.2. The van der Waals surface area contributed by atoms with Crippen molar-refractivity contribution in [1.82, 2.24) is 5.32 Å². The molecular formula is C15H24N2O2. The van der Waals surface area contributed by atoms with Gasteiger partial charge in [0.1, 0.15) is 5.75 Å². The van der Waals surface area contributed by atoms with Crippen molar-refractivity contribution in [3.05, 3.63) is 29.8 Å². The van der Waals surface area contributed by atoms with Crippen LogP contribution in [0.25, 0.3) is 0 Å². The molecule has 1 amide bonds. The van der Waals surface area contributed by atoms with E-state index in [1.807, 2.05) is 45.0 Å². The zero-order valence-corrected chi connectivity index (χ0v) is 12.2. The third kappa shape index (κ3) is 5.30. The van der Waals surface area contributed by atoms with E-state index >= 15 is 0 Å². The fourth-order valence-electron chi connectivity index (χ4n) is 1.85. The Kier molecular flexibility index (Phi) is 5.36. The highest BCUT2D eigenvalue weighted by molar-refractivity contribution is 5.76. The van der Waals surface area contributed by atoms with Crippen LogP contribution in [0.3, 0.4) is 0 Å². The maximum Gasteiger partial charge on any atom is 0.220 e. The lowest BCUT2D eigenvalue weighted by Gasteiger charge is -2.20. The second-order valence-corrected chi connectivity index (χ2v) is 5.52. The number of hydrogen-bond donors (Lipinski definition) is 2. The normalized spacial score (nSPS) is 12.9. The van der Waals surface area contributed by atoms with Crippen molar-refractivity contribution >= 4 is 5.91 Å². The van der Waals surface area contributed by atoms with Crippen molar-refractivity contribution in [2.75, 3.05) is 7.11 Å². The van der Waals surface area contributed by atoms with E-state index in [-0.39, 0.29) is 17.5 Å². The Labute approximate surface area is 115 Å². The van der Waals surface area contributed by atoms with Gasteiger partial charge in [-0.05, 0) is 33.3 Å². The average molecular weight is 264 g/mol. The van der Waals surface area contributed by atoms with Crippen LogP contribution < -0.4 is 15.8 Å². The number of methoxy groups -OCH3 is 1. The van der Waals surface area contributed by atoms with Crippen molar-refractivity contribution in [3.63, 3.8) is 0 Å². The molecule has 0 radical (unpaired) electrons. The van der Waals surface area contributed by atoms with Crippen molar-refractivity contribution in [2.45, 2.75) is 45.2 Å². The Morgan fingerprint density at radius 2 is 2.05 bits per heavy atom. The van der Waals surface area contributed by atoms with E-state index in [1.54, 1.807) is 7.11 Å². The van der Waals surface area contributed by atoms with E-state index in [9.17, 15) is 4.79 Å². The smallest absolute Gasteiger partial charge is 0.220 e. The van der Waals surface area contributed by atoms with Gasteiger partial charge in [-0.15, -0.1) is 0 Å². The molecular weight excluding hydrogens is 240 g/mol. The second kappa shape index (κ2) is 6.57. The molecule has 0 saturated heterocycles. The van der Waals surface area contributed by atoms with Gasteiger partial charge < -0.3 is 15.8 Å². The first kappa shape index (κ1) is 15.5. The van der Waals surface area contributed by atoms with Crippen LogP contribution in [0, 0.1) is 0 Å². The number of nitrogens with two attached hydrogens (primary N) is 1. The second-order valence-electron chi connectivity index (χ2n) is 5.52. The molecule has 0 aliphatic rings. The number of nitrogens with one attached hydrogen (secondary N) is 1. The Morgan fingerprint density at radius 1 is 1.42 bits per heavy atom. The Bertz CT molecular complexity index is 424. The topological polar surface area (TPSA) is 64.3 Å². The molecule has 0 aromatic heterocycles. The molecule has 1 atom stereocenters. The molecule has 4 heteroatoms. The first-order valence-corrected chi connectivity index (χ1v) is 6.54. The monoisotopic (exact) mass is 264 g/mol. The minimum atomic E-state index is -0.314. The summed E-state index contributed by atoms with van der Waals surface area (Å²) >= 11 is 0. The molecule has 0 bridgehead atoms. The van der Waals surface area contributed by atoms with E-state index < -0.39 is 0 Å². The van der Waals surface area contributed by atoms with Crippen molar-refractivity contribution in [3.8, 4) is 5.75 Å². The summed E-state index contributed by atoms with van der Waals surface area (Å²) < 4.78 is 5.29. The molecule has 1 aromatic rings. The minimum absolute atomic E-state index is 0.0110. The molecule has 0 aliphatic carbocycles. The highest BCUT2D eigenvalue weighted by atomic mass is 16.5. The van der Waals surface area contributed by atoms with E-state index in [2.05, 4.69) is 5.32 Å². The summed E-state index contributed by atoms with van der Waals surface area (Å²) in [5.74, 6) is 0.798. The molecule has 0 aliphatic heterocycles. The summed E-state index contributed by atoms with van der Waals surface area (Å²) in [6, 6.07) is 7.61. The number of ether oxygens (including phenoxy) is 1. The molecule has 0 fully saturated rings. The van der Waals surface area contributed by atoms with Crippen LogP contribution in [-0.2, 0) is 4.79 Å². The predicted molar refractivity (Wildman–Crippen MR) is 77.1 cm³/mol. The summed E-state index contributed by atoms with van der Waals surface area (Å²) in [6.45, 7) is 5.79. The van der Waals surface area contributed by atoms with Crippen LogP contribution in [0.15, 0.2) is 24.3 Å². The number of amides is 1. The average Bonchev–Trinajstić information content (AvgIpc) is 2.35. The molecule has 19 heavy (non-hydrogen) atoms. The van der Waals surface area contributed by atoms with Gasteiger partial charge in [0.25, 0.3) is 0 Å². The van der Waals surface area contributed by atoms with Gasteiger partial charge in [0.05, 0.1) is 13.2 Å². The van der Waals surface area contributed by atoms with E-state index in [0.717, 1.165) is 11.3 Å². The molecule has 0 spiro atoms. The minimum Gasteiger partial charge on any atom is -0.496 e. The van der Waals surface area contributed by atoms with Gasteiger partial charge >= 0.3 is 0 Å². The van der Waals surface area contributed by atoms with Crippen molar-refractivity contribution < 1.29 is 9.53 Å². The maximum atomic E-state index is 11.9. The van der Waals surface area contributed by atoms with E-state index in [4.69, 9.17) is 10.5 Å². The predicted octanol–water partition coefficient (Wildman–Crippen LogP) is 2.39. The first-order chi connectivity index (χ1) is 8.83. The van der Waals surface area contributed by atoms with Gasteiger partial charge in [-0.3, -0.25) is 4.79 Å². The molecule has 3 N–H and O–H groups in total. The van der Waals surface area contributed by atoms with Gasteiger partial charge in [0, 0.05) is 17.5 Å². The summed E-state index contributed by atoms with van der Waals surface area (Å²) in [7, 11) is 1.63. The lowest BCUT2D eigenvalue weighted by atomic mass is 9.99. The van der Waals surface area contributed by atoms with Crippen LogP contribution in [0.5, 0.6) is 5.75 Å². The summed E-state index contributed by atoms with van der Waals surface area (Å²) in [4.78, 5) is 11.9. The van der Waals surface area contributed by atoms with Gasteiger partial charge in [0.15, 0.2) is 0 Å². The molecule has 0 unspecified atom stereocenters. The fourth-order valence-corrected chi connectivity index (χ4v) is 1.85. The van der Waals surface area contributed by atoms with Gasteiger partial charge in [-0.1, -0.05) is 18.2 Å². The SMILES string of the molecule is COc1ccccc1[C@@H](C)NC(=O)CCC(C)(C)N. The Balaban J connectivity index is 2.59. The standard InChI is InChI=1S/C15H24N2O2/c1-11(12-7-5-6-8-13(12)19-4)17-14(18)9-10-15(2,3)16/h5-8,11H,9-10,16H2,1-4H3,(H,17,18)/t11-/m1/s1. The van der Waals surface area contributed by atoms with Crippen LogP contribution >= 0.6 is 0 Å². The van der Waals surface area contributed by atoms with Crippen LogP contribution in [0.1, 0.15) is 45.2 Å². The number of carbonyl (C=O) groups excluding carboxylic acids is 1. The zero-order chi connectivity index (χ0) is 14.5. The Hall–Kier alpha value is -1.55. The van der Waals surface area contributed by atoms with Crippen molar-refractivity contribution in [2.24, 2.45) is 5.73 Å². The molecule has 1 aromatic carbocycles. The molecule has 106 valence electrons. The molecule has 4 nitrogen and oxygen atoms in total.